The second-order valence-corrected chi connectivity index (χ2v) is 7.38. The molecular weight excluding hydrogens is 387 g/mol. The maximum Gasteiger partial charge on any atom is 0.307 e. The average Bonchev–Trinajstić information content (AvgIpc) is 2.40. The topological polar surface area (TPSA) is 118 Å². The van der Waals surface area contributed by atoms with E-state index in [1.54, 1.807) is 0 Å². The van der Waals surface area contributed by atoms with Crippen molar-refractivity contribution in [3.8, 4) is 0 Å². The molecule has 0 aliphatic rings. The smallest absolute Gasteiger partial charge is 0.307 e. The van der Waals surface area contributed by atoms with Crippen molar-refractivity contribution in [1.82, 2.24) is 4.31 Å². The van der Waals surface area contributed by atoms with Crippen LogP contribution in [0.25, 0.3) is 0 Å². The zero-order valence-electron chi connectivity index (χ0n) is 11.5. The Balaban J connectivity index is 3.36. The van der Waals surface area contributed by atoms with Gasteiger partial charge in [0.25, 0.3) is 5.69 Å². The van der Waals surface area contributed by atoms with Crippen molar-refractivity contribution in [2.75, 3.05) is 13.6 Å². The molecule has 1 atom stereocenters. The summed E-state index contributed by atoms with van der Waals surface area (Å²) in [7, 11) is -3.26. The minimum Gasteiger partial charge on any atom is -0.481 e. The first-order valence-electron chi connectivity index (χ1n) is 5.81. The van der Waals surface area contributed by atoms with Gasteiger partial charge in [0.2, 0.25) is 10.0 Å². The van der Waals surface area contributed by atoms with E-state index < -0.39 is 43.2 Å². The number of aliphatic carboxylic acids is 1. The number of nitro groups is 1. The van der Waals surface area contributed by atoms with Crippen LogP contribution in [-0.2, 0) is 14.8 Å². The third-order valence-electron chi connectivity index (χ3n) is 2.84. The van der Waals surface area contributed by atoms with Crippen LogP contribution in [0.2, 0.25) is 0 Å². The van der Waals surface area contributed by atoms with Crippen molar-refractivity contribution in [2.45, 2.75) is 11.8 Å². The fraction of sp³-hybridized carbons (Fsp3) is 0.364. The Morgan fingerprint density at radius 2 is 2.09 bits per heavy atom. The molecule has 1 aromatic carbocycles. The normalized spacial score (nSPS) is 13.1. The van der Waals surface area contributed by atoms with Gasteiger partial charge in [-0.25, -0.2) is 12.8 Å². The number of hydrogen-bond donors (Lipinski definition) is 1. The number of hydrogen-bond acceptors (Lipinski definition) is 5. The van der Waals surface area contributed by atoms with Gasteiger partial charge >= 0.3 is 5.97 Å². The highest BCUT2D eigenvalue weighted by Crippen LogP contribution is 2.31. The predicted octanol–water partition coefficient (Wildman–Crippen LogP) is 1.84. The summed E-state index contributed by atoms with van der Waals surface area (Å²) in [5, 5.41) is 19.7. The van der Waals surface area contributed by atoms with Gasteiger partial charge in [0.15, 0.2) is 4.90 Å². The molecule has 122 valence electrons. The Morgan fingerprint density at radius 3 is 2.55 bits per heavy atom. The quantitative estimate of drug-likeness (QED) is 0.576. The number of nitro benzene ring substituents is 1. The summed E-state index contributed by atoms with van der Waals surface area (Å²) in [5.74, 6) is -3.20. The van der Waals surface area contributed by atoms with E-state index in [0.29, 0.717) is 10.4 Å². The minimum atomic E-state index is -4.35. The molecule has 0 heterocycles. The van der Waals surface area contributed by atoms with Crippen molar-refractivity contribution in [3.05, 3.63) is 32.5 Å². The molecule has 22 heavy (non-hydrogen) atoms. The second-order valence-electron chi connectivity index (χ2n) is 4.52. The Labute approximate surface area is 133 Å². The van der Waals surface area contributed by atoms with E-state index in [4.69, 9.17) is 5.11 Å². The predicted molar refractivity (Wildman–Crippen MR) is 77.4 cm³/mol. The number of sulfonamides is 1. The van der Waals surface area contributed by atoms with E-state index >= 15 is 0 Å². The van der Waals surface area contributed by atoms with Crippen LogP contribution in [0.5, 0.6) is 0 Å². The molecule has 8 nitrogen and oxygen atoms in total. The first-order valence-corrected chi connectivity index (χ1v) is 8.04. The molecule has 1 rings (SSSR count). The molecule has 0 aliphatic heterocycles. The summed E-state index contributed by atoms with van der Waals surface area (Å²) in [6, 6.07) is 1.27. The standard InChI is InChI=1S/C11H12BrFN2O6S/c1-6(11(16)17)5-14(2)22(20,21)10-3-7(12)8(13)4-9(10)15(18)19/h3-4,6H,5H2,1-2H3,(H,16,17). The van der Waals surface area contributed by atoms with Crippen LogP contribution < -0.4 is 0 Å². The molecule has 0 saturated carbocycles. The fourth-order valence-corrected chi connectivity index (χ4v) is 3.51. The van der Waals surface area contributed by atoms with Gasteiger partial charge in [0.1, 0.15) is 5.82 Å². The van der Waals surface area contributed by atoms with Crippen LogP contribution in [0.15, 0.2) is 21.5 Å². The number of carboxylic acid groups (broad SMARTS) is 1. The molecule has 0 saturated heterocycles. The van der Waals surface area contributed by atoms with Gasteiger partial charge in [-0.3, -0.25) is 14.9 Å². The monoisotopic (exact) mass is 398 g/mol. The van der Waals surface area contributed by atoms with E-state index in [0.717, 1.165) is 13.1 Å². The van der Waals surface area contributed by atoms with E-state index in [1.807, 2.05) is 0 Å². The summed E-state index contributed by atoms with van der Waals surface area (Å²) in [6.07, 6.45) is 0. The fourth-order valence-electron chi connectivity index (χ4n) is 1.60. The van der Waals surface area contributed by atoms with Crippen molar-refractivity contribution >= 4 is 37.6 Å². The van der Waals surface area contributed by atoms with E-state index in [-0.39, 0.29) is 11.0 Å². The highest BCUT2D eigenvalue weighted by atomic mass is 79.9. The lowest BCUT2D eigenvalue weighted by Gasteiger charge is -2.19. The summed E-state index contributed by atoms with van der Waals surface area (Å²) >= 11 is 2.77. The largest absolute Gasteiger partial charge is 0.481 e. The maximum absolute atomic E-state index is 13.4. The Hall–Kier alpha value is -1.59. The van der Waals surface area contributed by atoms with E-state index in [2.05, 4.69) is 15.9 Å². The lowest BCUT2D eigenvalue weighted by Crippen LogP contribution is -2.34. The summed E-state index contributed by atoms with van der Waals surface area (Å²) in [4.78, 5) is 20.0. The van der Waals surface area contributed by atoms with Gasteiger partial charge in [0.05, 0.1) is 21.4 Å². The second kappa shape index (κ2) is 6.67. The zero-order valence-corrected chi connectivity index (χ0v) is 13.9. The van der Waals surface area contributed by atoms with Gasteiger partial charge in [-0.1, -0.05) is 6.92 Å². The number of rotatable bonds is 6. The van der Waals surface area contributed by atoms with Crippen LogP contribution in [0, 0.1) is 21.8 Å². The molecule has 0 amide bonds. The maximum atomic E-state index is 13.4. The molecule has 0 aliphatic carbocycles. The van der Waals surface area contributed by atoms with Crippen molar-refractivity contribution in [2.24, 2.45) is 5.92 Å². The summed E-state index contributed by atoms with van der Waals surface area (Å²) in [6.45, 7) is 0.910. The third-order valence-corrected chi connectivity index (χ3v) is 5.30. The highest BCUT2D eigenvalue weighted by Gasteiger charge is 2.32. The summed E-state index contributed by atoms with van der Waals surface area (Å²) in [5.41, 5.74) is -0.921. The van der Waals surface area contributed by atoms with Gasteiger partial charge in [-0.05, 0) is 22.0 Å². The average molecular weight is 399 g/mol. The number of halogens is 2. The Morgan fingerprint density at radius 1 is 1.55 bits per heavy atom. The SMILES string of the molecule is CC(CN(C)S(=O)(=O)c1cc(Br)c(F)cc1[N+](=O)[O-])C(=O)O. The molecule has 1 aromatic rings. The summed E-state index contributed by atoms with van der Waals surface area (Å²) < 4.78 is 38.5. The Kier molecular flexibility index (Phi) is 5.59. The minimum absolute atomic E-state index is 0.253. The van der Waals surface area contributed by atoms with Crippen molar-refractivity contribution in [3.63, 3.8) is 0 Å². The Bertz CT molecular complexity index is 724. The van der Waals surface area contributed by atoms with E-state index in [1.165, 1.54) is 6.92 Å². The third kappa shape index (κ3) is 3.78. The van der Waals surface area contributed by atoms with Crippen LogP contribution in [0.3, 0.4) is 0 Å². The molecule has 11 heteroatoms. The molecule has 0 bridgehead atoms. The molecular formula is C11H12BrFN2O6S. The van der Waals surface area contributed by atoms with Gasteiger partial charge in [-0.15, -0.1) is 0 Å². The van der Waals surface area contributed by atoms with Crippen LogP contribution in [0.4, 0.5) is 10.1 Å². The van der Waals surface area contributed by atoms with E-state index in [9.17, 15) is 27.7 Å². The lowest BCUT2D eigenvalue weighted by molar-refractivity contribution is -0.388. The first kappa shape index (κ1) is 18.5. The van der Waals surface area contributed by atoms with Crippen molar-refractivity contribution < 1.29 is 27.6 Å². The first-order chi connectivity index (χ1) is 9.98. The van der Waals surface area contributed by atoms with Gasteiger partial charge < -0.3 is 5.11 Å². The molecule has 0 radical (unpaired) electrons. The molecule has 0 aromatic heterocycles. The van der Waals surface area contributed by atoms with Gasteiger partial charge in [0, 0.05) is 13.6 Å². The molecule has 0 fully saturated rings. The number of carboxylic acids is 1. The molecule has 0 spiro atoms. The number of carbonyl (C=O) groups is 1. The lowest BCUT2D eigenvalue weighted by atomic mass is 10.2. The van der Waals surface area contributed by atoms with Crippen LogP contribution >= 0.6 is 15.9 Å². The van der Waals surface area contributed by atoms with Crippen LogP contribution in [0.1, 0.15) is 6.92 Å². The number of benzene rings is 1. The molecule has 1 unspecified atom stereocenters. The van der Waals surface area contributed by atoms with Gasteiger partial charge in [-0.2, -0.15) is 4.31 Å². The molecule has 1 N–H and O–H groups in total. The number of nitrogens with zero attached hydrogens (tertiary/aromatic N) is 2. The zero-order chi connectivity index (χ0) is 17.2. The highest BCUT2D eigenvalue weighted by molar-refractivity contribution is 9.10. The van der Waals surface area contributed by atoms with Crippen molar-refractivity contribution in [1.29, 1.82) is 0 Å². The van der Waals surface area contributed by atoms with Crippen LogP contribution in [-0.4, -0.2) is 42.3 Å².